The van der Waals surface area contributed by atoms with E-state index in [0.717, 1.165) is 0 Å². The van der Waals surface area contributed by atoms with Crippen molar-refractivity contribution in [3.05, 3.63) is 0 Å². The maximum Gasteiger partial charge on any atom is 0.326 e. The van der Waals surface area contributed by atoms with Crippen LogP contribution in [-0.4, -0.2) is 28.6 Å². The van der Waals surface area contributed by atoms with Crippen LogP contribution in [0.1, 0.15) is 47.0 Å². The minimum atomic E-state index is -0.986. The van der Waals surface area contributed by atoms with Crippen molar-refractivity contribution in [1.29, 1.82) is 0 Å². The van der Waals surface area contributed by atoms with Crippen LogP contribution >= 0.6 is 0 Å². The van der Waals surface area contributed by atoms with Crippen LogP contribution in [0.25, 0.3) is 0 Å². The molecule has 0 saturated heterocycles. The molecule has 0 spiro atoms. The number of amides is 1. The van der Waals surface area contributed by atoms with Crippen LogP contribution in [0, 0.1) is 5.92 Å². The van der Waals surface area contributed by atoms with Crippen molar-refractivity contribution in [1.82, 2.24) is 5.32 Å². The highest BCUT2D eigenvalue weighted by Crippen LogP contribution is 2.10. The van der Waals surface area contributed by atoms with Crippen molar-refractivity contribution >= 4 is 11.9 Å². The van der Waals surface area contributed by atoms with Crippen LogP contribution in [0.2, 0.25) is 0 Å². The Balaban J connectivity index is 4.28. The van der Waals surface area contributed by atoms with E-state index in [2.05, 4.69) is 5.32 Å². The molecule has 0 aliphatic rings. The lowest BCUT2D eigenvalue weighted by molar-refractivity contribution is -0.143. The molecule has 0 heterocycles. The number of nitrogens with two attached hydrogens (primary N) is 1. The van der Waals surface area contributed by atoms with Crippen LogP contribution < -0.4 is 11.1 Å². The normalized spacial score (nSPS) is 15.1. The average Bonchev–Trinajstić information content (AvgIpc) is 2.20. The van der Waals surface area contributed by atoms with E-state index in [4.69, 9.17) is 10.8 Å². The van der Waals surface area contributed by atoms with Crippen molar-refractivity contribution < 1.29 is 14.7 Å². The molecule has 100 valence electrons. The van der Waals surface area contributed by atoms with Gasteiger partial charge in [0, 0.05) is 12.0 Å². The lowest BCUT2D eigenvalue weighted by Gasteiger charge is -2.22. The summed E-state index contributed by atoms with van der Waals surface area (Å²) in [6.07, 6.45) is 1.50. The van der Waals surface area contributed by atoms with Gasteiger partial charge in [-0.3, -0.25) is 4.79 Å². The Morgan fingerprint density at radius 3 is 2.29 bits per heavy atom. The van der Waals surface area contributed by atoms with Gasteiger partial charge in [-0.1, -0.05) is 20.3 Å². The number of carbonyl (C=O) groups is 2. The van der Waals surface area contributed by atoms with Crippen molar-refractivity contribution in [2.45, 2.75) is 58.5 Å². The third-order valence-corrected chi connectivity index (χ3v) is 2.79. The maximum atomic E-state index is 11.6. The molecule has 17 heavy (non-hydrogen) atoms. The van der Waals surface area contributed by atoms with Crippen molar-refractivity contribution in [2.24, 2.45) is 11.7 Å². The van der Waals surface area contributed by atoms with Gasteiger partial charge in [0.1, 0.15) is 6.04 Å². The fourth-order valence-corrected chi connectivity index (χ4v) is 1.36. The molecule has 0 aromatic heterocycles. The predicted octanol–water partition coefficient (Wildman–Crippen LogP) is 1.12. The number of aliphatic carboxylic acids is 1. The highest BCUT2D eigenvalue weighted by molar-refractivity contribution is 5.83. The van der Waals surface area contributed by atoms with Gasteiger partial charge >= 0.3 is 5.97 Å². The lowest BCUT2D eigenvalue weighted by Crippen LogP contribution is -2.45. The van der Waals surface area contributed by atoms with Crippen LogP contribution in [0.5, 0.6) is 0 Å². The number of rotatable bonds is 7. The summed E-state index contributed by atoms with van der Waals surface area (Å²) in [5.74, 6) is -1.32. The largest absolute Gasteiger partial charge is 0.480 e. The summed E-state index contributed by atoms with van der Waals surface area (Å²) >= 11 is 0. The second-order valence-corrected chi connectivity index (χ2v) is 5.26. The number of carboxylic acids is 1. The van der Waals surface area contributed by atoms with E-state index in [1.165, 1.54) is 0 Å². The molecule has 0 radical (unpaired) electrons. The summed E-state index contributed by atoms with van der Waals surface area (Å²) in [4.78, 5) is 22.6. The summed E-state index contributed by atoms with van der Waals surface area (Å²) in [5, 5.41) is 11.6. The first-order valence-electron chi connectivity index (χ1n) is 5.98. The Hall–Kier alpha value is -1.10. The van der Waals surface area contributed by atoms with Gasteiger partial charge in [0.2, 0.25) is 5.91 Å². The van der Waals surface area contributed by atoms with Crippen LogP contribution in [0.3, 0.4) is 0 Å². The summed E-state index contributed by atoms with van der Waals surface area (Å²) < 4.78 is 0. The minimum absolute atomic E-state index is 0.0812. The zero-order chi connectivity index (χ0) is 13.6. The lowest BCUT2D eigenvalue weighted by atomic mass is 9.97. The van der Waals surface area contributed by atoms with Crippen molar-refractivity contribution in [3.63, 3.8) is 0 Å². The van der Waals surface area contributed by atoms with Crippen molar-refractivity contribution in [2.75, 3.05) is 0 Å². The smallest absolute Gasteiger partial charge is 0.326 e. The first-order chi connectivity index (χ1) is 7.67. The van der Waals surface area contributed by atoms with Gasteiger partial charge in [0.05, 0.1) is 0 Å². The molecule has 1 unspecified atom stereocenters. The third-order valence-electron chi connectivity index (χ3n) is 2.79. The van der Waals surface area contributed by atoms with Crippen LogP contribution in [0.15, 0.2) is 0 Å². The van der Waals surface area contributed by atoms with Crippen molar-refractivity contribution in [3.8, 4) is 0 Å². The summed E-state index contributed by atoms with van der Waals surface area (Å²) in [7, 11) is 0. The standard InChI is InChI=1S/C12H24N2O3/c1-5-8(2)10(11(16)17)14-9(15)6-7-12(3,4)13/h8,10H,5-7,13H2,1-4H3,(H,14,15)(H,16,17)/t8?,10-/m0/s1. The Labute approximate surface area is 103 Å². The average molecular weight is 244 g/mol. The molecule has 0 bridgehead atoms. The Kier molecular flexibility index (Phi) is 6.16. The minimum Gasteiger partial charge on any atom is -0.480 e. The van der Waals surface area contributed by atoms with E-state index in [0.29, 0.717) is 12.8 Å². The summed E-state index contributed by atoms with van der Waals surface area (Å²) in [6.45, 7) is 7.38. The molecule has 4 N–H and O–H groups in total. The molecule has 0 aliphatic heterocycles. The molecule has 0 saturated carbocycles. The molecule has 5 nitrogen and oxygen atoms in total. The predicted molar refractivity (Wildman–Crippen MR) is 66.5 cm³/mol. The molecule has 0 fully saturated rings. The van der Waals surface area contributed by atoms with E-state index < -0.39 is 17.6 Å². The van der Waals surface area contributed by atoms with E-state index in [1.54, 1.807) is 0 Å². The Bertz CT molecular complexity index is 271. The zero-order valence-electron chi connectivity index (χ0n) is 11.1. The Morgan fingerprint density at radius 2 is 1.94 bits per heavy atom. The molecule has 0 aromatic rings. The maximum absolute atomic E-state index is 11.6. The van der Waals surface area contributed by atoms with Gasteiger partial charge in [-0.15, -0.1) is 0 Å². The van der Waals surface area contributed by atoms with Crippen LogP contribution in [-0.2, 0) is 9.59 Å². The highest BCUT2D eigenvalue weighted by Gasteiger charge is 2.25. The number of hydrogen-bond acceptors (Lipinski definition) is 3. The number of hydrogen-bond donors (Lipinski definition) is 3. The molecule has 0 rings (SSSR count). The summed E-state index contributed by atoms with van der Waals surface area (Å²) in [6, 6.07) is -0.812. The van der Waals surface area contributed by atoms with Gasteiger partial charge in [0.25, 0.3) is 0 Å². The van der Waals surface area contributed by atoms with E-state index in [1.807, 2.05) is 27.7 Å². The monoisotopic (exact) mass is 244 g/mol. The fraction of sp³-hybridized carbons (Fsp3) is 0.833. The molecule has 2 atom stereocenters. The van der Waals surface area contributed by atoms with Crippen LogP contribution in [0.4, 0.5) is 0 Å². The van der Waals surface area contributed by atoms with Gasteiger partial charge in [-0.05, 0) is 26.2 Å². The van der Waals surface area contributed by atoms with E-state index in [-0.39, 0.29) is 18.2 Å². The van der Waals surface area contributed by atoms with Gasteiger partial charge in [-0.2, -0.15) is 0 Å². The van der Waals surface area contributed by atoms with Gasteiger partial charge in [-0.25, -0.2) is 4.79 Å². The number of carboxylic acid groups (broad SMARTS) is 1. The Morgan fingerprint density at radius 1 is 1.41 bits per heavy atom. The molecule has 1 amide bonds. The number of carbonyl (C=O) groups excluding carboxylic acids is 1. The van der Waals surface area contributed by atoms with Gasteiger partial charge < -0.3 is 16.2 Å². The van der Waals surface area contributed by atoms with E-state index in [9.17, 15) is 9.59 Å². The molecule has 5 heteroatoms. The first kappa shape index (κ1) is 15.9. The second-order valence-electron chi connectivity index (χ2n) is 5.26. The first-order valence-corrected chi connectivity index (χ1v) is 5.98. The summed E-state index contributed by atoms with van der Waals surface area (Å²) in [5.41, 5.74) is 5.35. The quantitative estimate of drug-likeness (QED) is 0.625. The molecule has 0 aromatic carbocycles. The highest BCUT2D eigenvalue weighted by atomic mass is 16.4. The fourth-order valence-electron chi connectivity index (χ4n) is 1.36. The zero-order valence-corrected chi connectivity index (χ0v) is 11.1. The third kappa shape index (κ3) is 6.94. The molecule has 0 aliphatic carbocycles. The topological polar surface area (TPSA) is 92.4 Å². The van der Waals surface area contributed by atoms with E-state index >= 15 is 0 Å². The van der Waals surface area contributed by atoms with Gasteiger partial charge in [0.15, 0.2) is 0 Å². The molecular weight excluding hydrogens is 220 g/mol. The second kappa shape index (κ2) is 6.59. The molecular formula is C12H24N2O3. The number of nitrogens with one attached hydrogen (secondary N) is 1. The SMILES string of the molecule is CCC(C)[C@H](NC(=O)CCC(C)(C)N)C(=O)O.